The Hall–Kier alpha value is -4.07. The number of carbonyl (C=O) groups is 3. The van der Waals surface area contributed by atoms with Gasteiger partial charge in [0.2, 0.25) is 5.78 Å². The van der Waals surface area contributed by atoms with Crippen LogP contribution in [0.3, 0.4) is 0 Å². The lowest BCUT2D eigenvalue weighted by atomic mass is 10.1. The summed E-state index contributed by atoms with van der Waals surface area (Å²) in [4.78, 5) is 36.8. The number of ketones is 1. The van der Waals surface area contributed by atoms with Crippen LogP contribution in [0.5, 0.6) is 11.5 Å². The summed E-state index contributed by atoms with van der Waals surface area (Å²) in [5, 5.41) is 2.48. The Morgan fingerprint density at radius 3 is 2.45 bits per heavy atom. The Morgan fingerprint density at radius 1 is 0.970 bits per heavy atom. The Bertz CT molecular complexity index is 1200. The number of aryl methyl sites for hydroxylation is 1. The van der Waals surface area contributed by atoms with Crippen molar-refractivity contribution in [2.45, 2.75) is 13.8 Å². The van der Waals surface area contributed by atoms with Crippen molar-refractivity contribution >= 4 is 17.7 Å². The molecule has 170 valence electrons. The number of hydrogen-bond donors (Lipinski definition) is 1. The van der Waals surface area contributed by atoms with Gasteiger partial charge in [-0.2, -0.15) is 0 Å². The average molecular weight is 448 g/mol. The van der Waals surface area contributed by atoms with E-state index in [0.29, 0.717) is 35.8 Å². The van der Waals surface area contributed by atoms with Gasteiger partial charge in [0.05, 0.1) is 0 Å². The van der Waals surface area contributed by atoms with Crippen LogP contribution in [0.2, 0.25) is 0 Å². The van der Waals surface area contributed by atoms with Gasteiger partial charge < -0.3 is 24.1 Å². The van der Waals surface area contributed by atoms with E-state index >= 15 is 0 Å². The molecule has 0 atom stereocenters. The number of fused-ring (bicyclic) bond motifs is 1. The molecule has 4 rings (SSSR count). The average Bonchev–Trinajstić information content (AvgIpc) is 3.14. The number of amides is 1. The van der Waals surface area contributed by atoms with E-state index in [-0.39, 0.29) is 18.2 Å². The molecule has 0 bridgehead atoms. The van der Waals surface area contributed by atoms with Crippen molar-refractivity contribution in [3.05, 3.63) is 77.1 Å². The number of benzene rings is 2. The summed E-state index contributed by atoms with van der Waals surface area (Å²) in [5.41, 5.74) is 3.32. The number of aromatic nitrogens is 1. The molecular weight excluding hydrogens is 424 g/mol. The van der Waals surface area contributed by atoms with Crippen molar-refractivity contribution in [1.82, 2.24) is 9.88 Å². The largest absolute Gasteiger partial charge is 0.486 e. The molecule has 1 amide bonds. The van der Waals surface area contributed by atoms with Crippen molar-refractivity contribution in [2.24, 2.45) is 0 Å². The second kappa shape index (κ2) is 9.60. The van der Waals surface area contributed by atoms with Gasteiger partial charge in [0, 0.05) is 34.3 Å². The standard InChI is InChI=1S/C25H24N2O6/c1-16-12-20(17(2)27(16)19-8-9-22-23(13-19)32-11-10-31-22)21(28)15-33-24(29)14-26-25(30)18-6-4-3-5-7-18/h3-9,12-13H,10-11,14-15H2,1-2H3,(H,26,30). The van der Waals surface area contributed by atoms with Gasteiger partial charge in [0.15, 0.2) is 18.1 Å². The highest BCUT2D eigenvalue weighted by molar-refractivity contribution is 6.00. The van der Waals surface area contributed by atoms with Gasteiger partial charge in [-0.3, -0.25) is 14.4 Å². The smallest absolute Gasteiger partial charge is 0.325 e. The topological polar surface area (TPSA) is 95.9 Å². The molecule has 8 heteroatoms. The molecule has 1 N–H and O–H groups in total. The van der Waals surface area contributed by atoms with Crippen molar-refractivity contribution in [2.75, 3.05) is 26.4 Å². The SMILES string of the molecule is Cc1cc(C(=O)COC(=O)CNC(=O)c2ccccc2)c(C)n1-c1ccc2c(c1)OCCO2. The quantitative estimate of drug-likeness (QED) is 0.441. The van der Waals surface area contributed by atoms with E-state index < -0.39 is 12.6 Å². The van der Waals surface area contributed by atoms with Gasteiger partial charge in [-0.25, -0.2) is 0 Å². The first-order valence-electron chi connectivity index (χ1n) is 10.5. The summed E-state index contributed by atoms with van der Waals surface area (Å²) in [6.07, 6.45) is 0. The minimum absolute atomic E-state index is 0.322. The summed E-state index contributed by atoms with van der Waals surface area (Å²) in [6, 6.07) is 15.9. The fraction of sp³-hybridized carbons (Fsp3) is 0.240. The predicted octanol–water partition coefficient (Wildman–Crippen LogP) is 3.02. The highest BCUT2D eigenvalue weighted by Gasteiger charge is 2.20. The molecule has 3 aromatic rings. The molecule has 1 aromatic heterocycles. The summed E-state index contributed by atoms with van der Waals surface area (Å²) < 4.78 is 18.2. The second-order valence-corrected chi connectivity index (χ2v) is 7.58. The molecule has 0 spiro atoms. The van der Waals surface area contributed by atoms with Crippen LogP contribution in [-0.4, -0.2) is 48.6 Å². The van der Waals surface area contributed by atoms with Crippen LogP contribution >= 0.6 is 0 Å². The van der Waals surface area contributed by atoms with Crippen molar-refractivity contribution < 1.29 is 28.6 Å². The number of esters is 1. The van der Waals surface area contributed by atoms with Gasteiger partial charge >= 0.3 is 5.97 Å². The van der Waals surface area contributed by atoms with Crippen LogP contribution < -0.4 is 14.8 Å². The molecular formula is C25H24N2O6. The van der Waals surface area contributed by atoms with Gasteiger partial charge in [-0.1, -0.05) is 18.2 Å². The van der Waals surface area contributed by atoms with Crippen molar-refractivity contribution in [3.8, 4) is 17.2 Å². The van der Waals surface area contributed by atoms with Gasteiger partial charge in [-0.15, -0.1) is 0 Å². The maximum absolute atomic E-state index is 12.7. The van der Waals surface area contributed by atoms with Gasteiger partial charge in [0.25, 0.3) is 5.91 Å². The molecule has 0 fully saturated rings. The summed E-state index contributed by atoms with van der Waals surface area (Å²) in [6.45, 7) is 4.00. The highest BCUT2D eigenvalue weighted by Crippen LogP contribution is 2.33. The molecule has 1 aliphatic rings. The maximum atomic E-state index is 12.7. The lowest BCUT2D eigenvalue weighted by Gasteiger charge is -2.20. The third-order valence-electron chi connectivity index (χ3n) is 5.31. The molecule has 2 heterocycles. The van der Waals surface area contributed by atoms with Crippen LogP contribution in [0.4, 0.5) is 0 Å². The van der Waals surface area contributed by atoms with Crippen molar-refractivity contribution in [1.29, 1.82) is 0 Å². The lowest BCUT2D eigenvalue weighted by Crippen LogP contribution is -2.31. The molecule has 0 unspecified atom stereocenters. The number of Topliss-reactive ketones (excluding diaryl/α,β-unsaturated/α-hetero) is 1. The zero-order valence-corrected chi connectivity index (χ0v) is 18.4. The first-order valence-corrected chi connectivity index (χ1v) is 10.5. The Labute approximate surface area is 191 Å². The minimum atomic E-state index is -0.687. The third-order valence-corrected chi connectivity index (χ3v) is 5.31. The predicted molar refractivity (Wildman–Crippen MR) is 120 cm³/mol. The van der Waals surface area contributed by atoms with E-state index in [1.165, 1.54) is 0 Å². The first-order chi connectivity index (χ1) is 15.9. The van der Waals surface area contributed by atoms with Gasteiger partial charge in [-0.05, 0) is 44.2 Å². The number of ether oxygens (including phenoxy) is 3. The van der Waals surface area contributed by atoms with E-state index in [1.54, 1.807) is 36.4 Å². The zero-order chi connectivity index (χ0) is 23.4. The summed E-state index contributed by atoms with van der Waals surface area (Å²) >= 11 is 0. The first kappa shape index (κ1) is 22.1. The molecule has 0 saturated carbocycles. The minimum Gasteiger partial charge on any atom is -0.486 e. The van der Waals surface area contributed by atoms with Crippen LogP contribution in [-0.2, 0) is 9.53 Å². The molecule has 0 radical (unpaired) electrons. The second-order valence-electron chi connectivity index (χ2n) is 7.58. The molecule has 1 aliphatic heterocycles. The number of nitrogens with zero attached hydrogens (tertiary/aromatic N) is 1. The summed E-state index contributed by atoms with van der Waals surface area (Å²) in [5.74, 6) is -0.0506. The normalized spacial score (nSPS) is 12.2. The molecule has 0 saturated heterocycles. The van der Waals surface area contributed by atoms with E-state index in [2.05, 4.69) is 5.32 Å². The van der Waals surface area contributed by atoms with Crippen molar-refractivity contribution in [3.63, 3.8) is 0 Å². The van der Waals surface area contributed by atoms with E-state index in [9.17, 15) is 14.4 Å². The fourth-order valence-corrected chi connectivity index (χ4v) is 3.73. The number of nitrogens with one attached hydrogen (secondary N) is 1. The number of carbonyl (C=O) groups excluding carboxylic acids is 3. The number of hydrogen-bond acceptors (Lipinski definition) is 6. The molecule has 8 nitrogen and oxygen atoms in total. The van der Waals surface area contributed by atoms with Crippen LogP contribution in [0.15, 0.2) is 54.6 Å². The van der Waals surface area contributed by atoms with E-state index in [4.69, 9.17) is 14.2 Å². The van der Waals surface area contributed by atoms with E-state index in [1.807, 2.05) is 36.6 Å². The monoisotopic (exact) mass is 448 g/mol. The molecule has 33 heavy (non-hydrogen) atoms. The summed E-state index contributed by atoms with van der Waals surface area (Å²) in [7, 11) is 0. The van der Waals surface area contributed by atoms with E-state index in [0.717, 1.165) is 17.1 Å². The Morgan fingerprint density at radius 2 is 1.70 bits per heavy atom. The molecule has 2 aromatic carbocycles. The van der Waals surface area contributed by atoms with Gasteiger partial charge in [0.1, 0.15) is 19.8 Å². The number of rotatable bonds is 7. The third kappa shape index (κ3) is 4.90. The zero-order valence-electron chi connectivity index (χ0n) is 18.4. The lowest BCUT2D eigenvalue weighted by molar-refractivity contribution is -0.141. The van der Waals surface area contributed by atoms with Crippen LogP contribution in [0.25, 0.3) is 5.69 Å². The fourth-order valence-electron chi connectivity index (χ4n) is 3.73. The Balaban J connectivity index is 1.38. The van der Waals surface area contributed by atoms with Crippen LogP contribution in [0, 0.1) is 13.8 Å². The highest BCUT2D eigenvalue weighted by atomic mass is 16.6. The Kier molecular flexibility index (Phi) is 6.44. The van der Waals surface area contributed by atoms with Crippen LogP contribution in [0.1, 0.15) is 32.1 Å². The molecule has 0 aliphatic carbocycles. The maximum Gasteiger partial charge on any atom is 0.325 e.